The predicted octanol–water partition coefficient (Wildman–Crippen LogP) is 1.86. The van der Waals surface area contributed by atoms with Crippen LogP contribution in [0.3, 0.4) is 0 Å². The van der Waals surface area contributed by atoms with Gasteiger partial charge in [0.25, 0.3) is 5.88 Å². The van der Waals surface area contributed by atoms with Crippen LogP contribution in [0.5, 0.6) is 5.88 Å². The molecule has 8 nitrogen and oxygen atoms in total. The lowest BCUT2D eigenvalue weighted by Crippen LogP contribution is -2.13. The molecule has 0 spiro atoms. The van der Waals surface area contributed by atoms with Gasteiger partial charge in [-0.05, 0) is 25.7 Å². The van der Waals surface area contributed by atoms with Crippen LogP contribution in [0.25, 0.3) is 0 Å². The van der Waals surface area contributed by atoms with Crippen LogP contribution in [-0.2, 0) is 4.74 Å². The molecule has 1 heterocycles. The summed E-state index contributed by atoms with van der Waals surface area (Å²) >= 11 is 0. The molecule has 1 N–H and O–H groups in total. The van der Waals surface area contributed by atoms with Gasteiger partial charge in [-0.1, -0.05) is 0 Å². The second-order valence-electron chi connectivity index (χ2n) is 5.38. The Morgan fingerprint density at radius 3 is 2.62 bits per heavy atom. The predicted molar refractivity (Wildman–Crippen MR) is 74.7 cm³/mol. The van der Waals surface area contributed by atoms with Crippen molar-refractivity contribution in [2.45, 2.75) is 37.6 Å². The van der Waals surface area contributed by atoms with Gasteiger partial charge in [-0.25, -0.2) is 4.98 Å². The highest BCUT2D eigenvalue weighted by atomic mass is 16.6. The van der Waals surface area contributed by atoms with Gasteiger partial charge in [0.1, 0.15) is 12.4 Å². The van der Waals surface area contributed by atoms with E-state index in [1.54, 1.807) is 7.11 Å². The second-order valence-corrected chi connectivity index (χ2v) is 5.38. The Balaban J connectivity index is 1.92. The molecule has 0 aliphatic heterocycles. The number of aromatic nitrogens is 2. The highest BCUT2D eigenvalue weighted by molar-refractivity contribution is 5.62. The molecule has 2 aliphatic rings. The fourth-order valence-electron chi connectivity index (χ4n) is 1.98. The molecule has 21 heavy (non-hydrogen) atoms. The topological polar surface area (TPSA) is 99.4 Å². The third kappa shape index (κ3) is 3.38. The molecule has 0 bridgehead atoms. The van der Waals surface area contributed by atoms with Gasteiger partial charge >= 0.3 is 5.69 Å². The number of hydrogen-bond donors (Lipinski definition) is 1. The number of nitrogens with zero attached hydrogens (tertiary/aromatic N) is 3. The number of methoxy groups -OCH3 is 1. The van der Waals surface area contributed by atoms with Crippen molar-refractivity contribution in [2.24, 2.45) is 0 Å². The summed E-state index contributed by atoms with van der Waals surface area (Å²) in [4.78, 5) is 19.5. The molecule has 2 fully saturated rings. The second kappa shape index (κ2) is 5.80. The molecule has 0 amide bonds. The summed E-state index contributed by atoms with van der Waals surface area (Å²) < 4.78 is 10.3. The summed E-state index contributed by atoms with van der Waals surface area (Å²) in [7, 11) is 1.55. The minimum atomic E-state index is -0.483. The first-order valence-electron chi connectivity index (χ1n) is 7.13. The van der Waals surface area contributed by atoms with Crippen molar-refractivity contribution in [1.29, 1.82) is 0 Å². The van der Waals surface area contributed by atoms with Gasteiger partial charge in [0, 0.05) is 19.1 Å². The molecule has 0 unspecified atom stereocenters. The van der Waals surface area contributed by atoms with E-state index in [0.29, 0.717) is 18.3 Å². The van der Waals surface area contributed by atoms with Crippen LogP contribution >= 0.6 is 0 Å². The molecule has 2 saturated carbocycles. The van der Waals surface area contributed by atoms with Crippen LogP contribution in [0.15, 0.2) is 0 Å². The van der Waals surface area contributed by atoms with Crippen molar-refractivity contribution >= 4 is 11.5 Å². The highest BCUT2D eigenvalue weighted by Gasteiger charge is 2.35. The molecule has 3 rings (SSSR count). The average Bonchev–Trinajstić information content (AvgIpc) is 3.32. The quantitative estimate of drug-likeness (QED) is 0.443. The summed E-state index contributed by atoms with van der Waals surface area (Å²) in [5, 5.41) is 14.5. The van der Waals surface area contributed by atoms with E-state index >= 15 is 0 Å². The Bertz CT molecular complexity index is 543. The molecule has 1 aromatic heterocycles. The number of nitrogens with one attached hydrogen (secondary N) is 1. The van der Waals surface area contributed by atoms with Crippen LogP contribution in [0.2, 0.25) is 0 Å². The van der Waals surface area contributed by atoms with E-state index < -0.39 is 4.92 Å². The van der Waals surface area contributed by atoms with E-state index in [1.165, 1.54) is 0 Å². The largest absolute Gasteiger partial charge is 0.470 e. The molecule has 0 aromatic carbocycles. The lowest BCUT2D eigenvalue weighted by molar-refractivity contribution is -0.385. The molecular weight excluding hydrogens is 276 g/mol. The molecule has 2 aliphatic carbocycles. The molecule has 114 valence electrons. The minimum Gasteiger partial charge on any atom is -0.470 e. The van der Waals surface area contributed by atoms with Crippen molar-refractivity contribution in [1.82, 2.24) is 9.97 Å². The SMILES string of the molecule is COCCOc1nc(C2CC2)nc(NC2CC2)c1[N+](=O)[O-]. The summed E-state index contributed by atoms with van der Waals surface area (Å²) in [6.07, 6.45) is 4.08. The zero-order valence-electron chi connectivity index (χ0n) is 11.9. The van der Waals surface area contributed by atoms with Crippen LogP contribution in [0.4, 0.5) is 11.5 Å². The minimum absolute atomic E-state index is 0.0390. The Morgan fingerprint density at radius 2 is 2.05 bits per heavy atom. The Morgan fingerprint density at radius 1 is 1.29 bits per heavy atom. The Labute approximate surface area is 122 Å². The van der Waals surface area contributed by atoms with Gasteiger partial charge in [-0.3, -0.25) is 10.1 Å². The van der Waals surface area contributed by atoms with Crippen molar-refractivity contribution in [3.63, 3.8) is 0 Å². The van der Waals surface area contributed by atoms with Crippen molar-refractivity contribution in [3.05, 3.63) is 15.9 Å². The van der Waals surface area contributed by atoms with E-state index in [-0.39, 0.29) is 30.0 Å². The van der Waals surface area contributed by atoms with E-state index in [2.05, 4.69) is 15.3 Å². The standard InChI is InChI=1S/C13H18N4O4/c1-20-6-7-21-13-10(17(18)19)12(14-9-4-5-9)15-11(16-13)8-2-3-8/h8-9H,2-7H2,1H3,(H,14,15,16). The highest BCUT2D eigenvalue weighted by Crippen LogP contribution is 2.42. The van der Waals surface area contributed by atoms with E-state index in [1.807, 2.05) is 0 Å². The van der Waals surface area contributed by atoms with Crippen LogP contribution in [-0.4, -0.2) is 41.3 Å². The first kappa shape index (κ1) is 14.0. The van der Waals surface area contributed by atoms with E-state index in [0.717, 1.165) is 25.7 Å². The zero-order chi connectivity index (χ0) is 14.8. The molecule has 0 radical (unpaired) electrons. The Hall–Kier alpha value is -1.96. The smallest absolute Gasteiger partial charge is 0.372 e. The lowest BCUT2D eigenvalue weighted by atomic mass is 10.3. The average molecular weight is 294 g/mol. The zero-order valence-corrected chi connectivity index (χ0v) is 11.9. The molecule has 8 heteroatoms. The fraction of sp³-hybridized carbons (Fsp3) is 0.692. The van der Waals surface area contributed by atoms with Crippen molar-refractivity contribution in [2.75, 3.05) is 25.6 Å². The molecule has 0 atom stereocenters. The summed E-state index contributed by atoms with van der Waals surface area (Å²) in [5.41, 5.74) is -0.178. The van der Waals surface area contributed by atoms with Gasteiger partial charge in [-0.15, -0.1) is 0 Å². The number of hydrogen-bond acceptors (Lipinski definition) is 7. The first-order chi connectivity index (χ1) is 10.2. The fourth-order valence-corrected chi connectivity index (χ4v) is 1.98. The molecule has 0 saturated heterocycles. The summed E-state index contributed by atoms with van der Waals surface area (Å²) in [6.45, 7) is 0.576. The van der Waals surface area contributed by atoms with Crippen molar-refractivity contribution in [3.8, 4) is 5.88 Å². The monoisotopic (exact) mass is 294 g/mol. The third-order valence-corrected chi connectivity index (χ3v) is 3.44. The van der Waals surface area contributed by atoms with Crippen LogP contribution in [0, 0.1) is 10.1 Å². The van der Waals surface area contributed by atoms with Crippen molar-refractivity contribution < 1.29 is 14.4 Å². The van der Waals surface area contributed by atoms with E-state index in [9.17, 15) is 10.1 Å². The van der Waals surface area contributed by atoms with Crippen LogP contribution < -0.4 is 10.1 Å². The number of anilines is 1. The third-order valence-electron chi connectivity index (χ3n) is 3.44. The normalized spacial score (nSPS) is 17.6. The lowest BCUT2D eigenvalue weighted by Gasteiger charge is -2.11. The first-order valence-corrected chi connectivity index (χ1v) is 7.13. The number of rotatable bonds is 8. The maximum absolute atomic E-state index is 11.3. The van der Waals surface area contributed by atoms with Gasteiger partial charge in [0.2, 0.25) is 5.82 Å². The van der Waals surface area contributed by atoms with Gasteiger partial charge in [-0.2, -0.15) is 4.98 Å². The van der Waals surface area contributed by atoms with Gasteiger partial charge in [0.05, 0.1) is 11.5 Å². The maximum atomic E-state index is 11.3. The molecule has 1 aromatic rings. The van der Waals surface area contributed by atoms with E-state index in [4.69, 9.17) is 9.47 Å². The summed E-state index contributed by atoms with van der Waals surface area (Å²) in [6, 6.07) is 0.275. The Kier molecular flexibility index (Phi) is 3.87. The number of nitro groups is 1. The van der Waals surface area contributed by atoms with Gasteiger partial charge < -0.3 is 14.8 Å². The molecular formula is C13H18N4O4. The summed E-state index contributed by atoms with van der Waals surface area (Å²) in [5.74, 6) is 1.26. The number of ether oxygens (including phenoxy) is 2. The van der Waals surface area contributed by atoms with Gasteiger partial charge in [0.15, 0.2) is 0 Å². The van der Waals surface area contributed by atoms with Crippen LogP contribution in [0.1, 0.15) is 37.4 Å². The maximum Gasteiger partial charge on any atom is 0.372 e.